The molecule has 0 radical (unpaired) electrons. The summed E-state index contributed by atoms with van der Waals surface area (Å²) >= 11 is 1.22. The van der Waals surface area contributed by atoms with Crippen LogP contribution in [-0.2, 0) is 21.1 Å². The third-order valence-corrected chi connectivity index (χ3v) is 8.13. The zero-order valence-corrected chi connectivity index (χ0v) is 17.8. The number of carbonyl (C=O) groups excluding carboxylic acids is 1. The first-order valence-corrected chi connectivity index (χ1v) is 12.8. The summed E-state index contributed by atoms with van der Waals surface area (Å²) in [6, 6.07) is 9.81. The minimum Gasteiger partial charge on any atom is -0.416 e. The molecule has 1 aliphatic carbocycles. The summed E-state index contributed by atoms with van der Waals surface area (Å²) in [6.45, 7) is 0. The molecule has 1 aromatic carbocycles. The maximum atomic E-state index is 13.0. The fourth-order valence-electron chi connectivity index (χ4n) is 4.22. The first-order chi connectivity index (χ1) is 14.0. The Morgan fingerprint density at radius 1 is 1.10 bits per heavy atom. The predicted octanol–water partition coefficient (Wildman–Crippen LogP) is 2.71. The average Bonchev–Trinajstić information content (AvgIpc) is 3.44. The Hall–Kier alpha value is -1.87. The lowest BCUT2D eigenvalue weighted by molar-refractivity contribution is -0.132. The van der Waals surface area contributed by atoms with Gasteiger partial charge in [-0.05, 0) is 24.8 Å². The minimum atomic E-state index is -3.04. The van der Waals surface area contributed by atoms with Crippen LogP contribution in [-0.4, -0.2) is 58.8 Å². The van der Waals surface area contributed by atoms with Crippen molar-refractivity contribution in [2.45, 2.75) is 55.8 Å². The molecule has 29 heavy (non-hydrogen) atoms. The Balaban J connectivity index is 1.38. The van der Waals surface area contributed by atoms with Crippen LogP contribution in [0.2, 0.25) is 0 Å². The summed E-state index contributed by atoms with van der Waals surface area (Å²) in [5, 5.41) is 8.48. The second-order valence-corrected chi connectivity index (χ2v) is 10.9. The predicted molar refractivity (Wildman–Crippen MR) is 110 cm³/mol. The summed E-state index contributed by atoms with van der Waals surface area (Å²) in [5.41, 5.74) is 1.08. The highest BCUT2D eigenvalue weighted by Gasteiger charge is 2.38. The molecule has 1 atom stereocenters. The van der Waals surface area contributed by atoms with E-state index in [1.54, 1.807) is 0 Å². The van der Waals surface area contributed by atoms with Crippen molar-refractivity contribution in [2.24, 2.45) is 0 Å². The number of sulfone groups is 1. The number of hydrogen-bond acceptors (Lipinski definition) is 7. The van der Waals surface area contributed by atoms with Crippen molar-refractivity contribution >= 4 is 27.5 Å². The van der Waals surface area contributed by atoms with E-state index in [-0.39, 0.29) is 35.2 Å². The molecule has 0 unspecified atom stereocenters. The molecule has 9 heteroatoms. The van der Waals surface area contributed by atoms with E-state index in [9.17, 15) is 13.2 Å². The second kappa shape index (κ2) is 8.87. The third-order valence-electron chi connectivity index (χ3n) is 5.57. The van der Waals surface area contributed by atoms with Crippen LogP contribution in [0.5, 0.6) is 0 Å². The Labute approximate surface area is 175 Å². The van der Waals surface area contributed by atoms with Gasteiger partial charge in [-0.2, -0.15) is 0 Å². The van der Waals surface area contributed by atoms with Gasteiger partial charge < -0.3 is 9.32 Å². The molecule has 7 nitrogen and oxygen atoms in total. The molecular formula is C20H25N3O4S2. The molecule has 2 fully saturated rings. The number of thioether (sulfide) groups is 1. The second-order valence-electron chi connectivity index (χ2n) is 7.71. The highest BCUT2D eigenvalue weighted by Crippen LogP contribution is 2.30. The van der Waals surface area contributed by atoms with Gasteiger partial charge in [-0.1, -0.05) is 54.9 Å². The lowest BCUT2D eigenvalue weighted by Gasteiger charge is -2.34. The Kier molecular flexibility index (Phi) is 6.24. The van der Waals surface area contributed by atoms with Crippen LogP contribution < -0.4 is 0 Å². The molecule has 0 bridgehead atoms. The molecule has 2 aliphatic rings. The smallest absolute Gasteiger partial charge is 0.277 e. The van der Waals surface area contributed by atoms with E-state index in [2.05, 4.69) is 10.2 Å². The number of nitrogens with zero attached hydrogens (tertiary/aromatic N) is 3. The van der Waals surface area contributed by atoms with Crippen molar-refractivity contribution in [1.29, 1.82) is 0 Å². The Bertz CT molecular complexity index is 940. The SMILES string of the molecule is O=C(CSc1nnc(Cc2ccccc2)o1)N(C1CCCC1)[C@@H]1CCS(=O)(=O)C1. The first-order valence-electron chi connectivity index (χ1n) is 10.0. The molecular weight excluding hydrogens is 410 g/mol. The molecule has 1 amide bonds. The maximum Gasteiger partial charge on any atom is 0.277 e. The fraction of sp³-hybridized carbons (Fsp3) is 0.550. The third kappa shape index (κ3) is 5.19. The van der Waals surface area contributed by atoms with Crippen LogP contribution in [0.1, 0.15) is 43.6 Å². The number of rotatable bonds is 7. The number of aromatic nitrogens is 2. The van der Waals surface area contributed by atoms with Crippen LogP contribution in [0.25, 0.3) is 0 Å². The number of benzene rings is 1. The molecule has 2 aromatic rings. The largest absolute Gasteiger partial charge is 0.416 e. The summed E-state index contributed by atoms with van der Waals surface area (Å²) in [7, 11) is -3.04. The van der Waals surface area contributed by atoms with Crippen LogP contribution >= 0.6 is 11.8 Å². The zero-order chi connectivity index (χ0) is 20.3. The van der Waals surface area contributed by atoms with Crippen molar-refractivity contribution in [3.8, 4) is 0 Å². The van der Waals surface area contributed by atoms with E-state index in [1.165, 1.54) is 11.8 Å². The Morgan fingerprint density at radius 3 is 2.55 bits per heavy atom. The van der Waals surface area contributed by atoms with Crippen LogP contribution in [0.15, 0.2) is 40.0 Å². The zero-order valence-electron chi connectivity index (χ0n) is 16.2. The molecule has 4 rings (SSSR count). The Morgan fingerprint density at radius 2 is 1.86 bits per heavy atom. The topological polar surface area (TPSA) is 93.4 Å². The standard InChI is InChI=1S/C20H25N3O4S2/c24-19(23(16-8-4-5-9-16)17-10-11-29(25,26)14-17)13-28-20-22-21-18(27-20)12-15-6-2-1-3-7-15/h1-3,6-7,16-17H,4-5,8-14H2/t17-/m1/s1. The van der Waals surface area contributed by atoms with E-state index in [1.807, 2.05) is 35.2 Å². The van der Waals surface area contributed by atoms with E-state index in [0.29, 0.717) is 24.0 Å². The van der Waals surface area contributed by atoms with Gasteiger partial charge in [-0.3, -0.25) is 4.79 Å². The summed E-state index contributed by atoms with van der Waals surface area (Å²) < 4.78 is 29.6. The minimum absolute atomic E-state index is 0.0354. The monoisotopic (exact) mass is 435 g/mol. The van der Waals surface area contributed by atoms with Crippen LogP contribution in [0.4, 0.5) is 0 Å². The molecule has 1 saturated carbocycles. The number of carbonyl (C=O) groups is 1. The van der Waals surface area contributed by atoms with Gasteiger partial charge in [-0.15, -0.1) is 10.2 Å². The van der Waals surface area contributed by atoms with Gasteiger partial charge in [0.25, 0.3) is 5.22 Å². The molecule has 0 N–H and O–H groups in total. The van der Waals surface area contributed by atoms with Gasteiger partial charge in [0.05, 0.1) is 23.7 Å². The highest BCUT2D eigenvalue weighted by atomic mass is 32.2. The molecule has 1 aromatic heterocycles. The lowest BCUT2D eigenvalue weighted by Crippen LogP contribution is -2.47. The van der Waals surface area contributed by atoms with Crippen LogP contribution in [0, 0.1) is 0 Å². The van der Waals surface area contributed by atoms with Gasteiger partial charge in [-0.25, -0.2) is 8.42 Å². The maximum absolute atomic E-state index is 13.0. The van der Waals surface area contributed by atoms with E-state index < -0.39 is 9.84 Å². The molecule has 2 heterocycles. The van der Waals surface area contributed by atoms with Gasteiger partial charge >= 0.3 is 0 Å². The van der Waals surface area contributed by atoms with Crippen molar-refractivity contribution in [1.82, 2.24) is 15.1 Å². The van der Waals surface area contributed by atoms with Gasteiger partial charge in [0.15, 0.2) is 9.84 Å². The van der Waals surface area contributed by atoms with E-state index in [4.69, 9.17) is 4.42 Å². The normalized spacial score (nSPS) is 21.4. The van der Waals surface area contributed by atoms with Crippen molar-refractivity contribution in [3.63, 3.8) is 0 Å². The summed E-state index contributed by atoms with van der Waals surface area (Å²) in [4.78, 5) is 14.9. The van der Waals surface area contributed by atoms with E-state index in [0.717, 1.165) is 31.2 Å². The van der Waals surface area contributed by atoms with Gasteiger partial charge in [0, 0.05) is 12.1 Å². The summed E-state index contributed by atoms with van der Waals surface area (Å²) in [6.07, 6.45) is 5.18. The summed E-state index contributed by atoms with van der Waals surface area (Å²) in [5.74, 6) is 0.919. The average molecular weight is 436 g/mol. The lowest BCUT2D eigenvalue weighted by atomic mass is 10.1. The first kappa shape index (κ1) is 20.4. The van der Waals surface area contributed by atoms with Crippen molar-refractivity contribution in [2.75, 3.05) is 17.3 Å². The van der Waals surface area contributed by atoms with Crippen LogP contribution in [0.3, 0.4) is 0 Å². The number of hydrogen-bond donors (Lipinski definition) is 0. The quantitative estimate of drug-likeness (QED) is 0.617. The fourth-order valence-corrected chi connectivity index (χ4v) is 6.58. The van der Waals surface area contributed by atoms with Gasteiger partial charge in [0.1, 0.15) is 0 Å². The van der Waals surface area contributed by atoms with Gasteiger partial charge in [0.2, 0.25) is 11.8 Å². The molecule has 1 saturated heterocycles. The molecule has 156 valence electrons. The highest BCUT2D eigenvalue weighted by molar-refractivity contribution is 7.99. The van der Waals surface area contributed by atoms with Crippen molar-refractivity contribution in [3.05, 3.63) is 41.8 Å². The number of amides is 1. The molecule has 1 aliphatic heterocycles. The van der Waals surface area contributed by atoms with Crippen molar-refractivity contribution < 1.29 is 17.6 Å². The van der Waals surface area contributed by atoms with E-state index >= 15 is 0 Å². The molecule has 0 spiro atoms.